The fourth-order valence-electron chi connectivity index (χ4n) is 2.89. The lowest BCUT2D eigenvalue weighted by Crippen LogP contribution is -2.21. The van der Waals surface area contributed by atoms with Gasteiger partial charge in [0.2, 0.25) is 0 Å². The van der Waals surface area contributed by atoms with Gasteiger partial charge in [0.1, 0.15) is 6.33 Å². The number of carbonyl (C=O) groups is 1. The van der Waals surface area contributed by atoms with E-state index in [2.05, 4.69) is 46.3 Å². The van der Waals surface area contributed by atoms with Crippen LogP contribution < -0.4 is 0 Å². The number of hydrogen-bond donors (Lipinski definition) is 0. The molecule has 1 aliphatic carbocycles. The van der Waals surface area contributed by atoms with Crippen LogP contribution >= 0.6 is 0 Å². The summed E-state index contributed by atoms with van der Waals surface area (Å²) < 4.78 is 1.56. The minimum absolute atomic E-state index is 0.131. The summed E-state index contributed by atoms with van der Waals surface area (Å²) >= 11 is 0. The molecule has 104 valence electrons. The molecular formula is C16H14N4O. The van der Waals surface area contributed by atoms with Crippen LogP contribution in [0.5, 0.6) is 0 Å². The average molecular weight is 278 g/mol. The molecule has 0 radical (unpaired) electrons. The second-order valence-electron chi connectivity index (χ2n) is 5.54. The van der Waals surface area contributed by atoms with Crippen molar-refractivity contribution in [3.8, 4) is 0 Å². The molecule has 2 aromatic heterocycles. The Labute approximate surface area is 121 Å². The molecule has 0 aliphatic heterocycles. The Kier molecular flexibility index (Phi) is 2.60. The third kappa shape index (κ3) is 2.01. The summed E-state index contributed by atoms with van der Waals surface area (Å²) in [5, 5.41) is 4.04. The summed E-state index contributed by atoms with van der Waals surface area (Å²) in [6.07, 6.45) is 4.50. The molecule has 0 N–H and O–H groups in total. The van der Waals surface area contributed by atoms with Crippen LogP contribution in [0.2, 0.25) is 0 Å². The van der Waals surface area contributed by atoms with Gasteiger partial charge in [-0.05, 0) is 24.8 Å². The molecule has 0 amide bonds. The number of aromatic nitrogens is 4. The molecule has 0 saturated carbocycles. The number of nitrogens with zero attached hydrogens (tertiary/aromatic N) is 4. The lowest BCUT2D eigenvalue weighted by molar-refractivity contribution is 0.0962. The van der Waals surface area contributed by atoms with E-state index in [1.165, 1.54) is 17.5 Å². The molecule has 1 unspecified atom stereocenters. The molecule has 0 spiro atoms. The van der Waals surface area contributed by atoms with Crippen LogP contribution in [0.25, 0.3) is 5.78 Å². The lowest BCUT2D eigenvalue weighted by atomic mass is 9.82. The summed E-state index contributed by atoms with van der Waals surface area (Å²) in [5.74, 6) is 0.876. The first-order valence-electron chi connectivity index (χ1n) is 7.00. The lowest BCUT2D eigenvalue weighted by Gasteiger charge is -2.23. The maximum atomic E-state index is 12.4. The first-order chi connectivity index (χ1) is 10.2. The first kappa shape index (κ1) is 12.2. The molecule has 1 aliphatic rings. The third-order valence-electron chi connectivity index (χ3n) is 4.07. The van der Waals surface area contributed by atoms with E-state index in [0.29, 0.717) is 17.8 Å². The van der Waals surface area contributed by atoms with Crippen molar-refractivity contribution in [3.63, 3.8) is 0 Å². The highest BCUT2D eigenvalue weighted by molar-refractivity contribution is 5.98. The standard InChI is InChI=1S/C16H14N4O/c1-10-2-4-11(5-3-10)12-6-14-13(15(21)7-12)8-20-16(19-14)17-9-18-20/h2-5,8-9,12H,6-7H2,1H3. The average Bonchev–Trinajstić information content (AvgIpc) is 2.93. The van der Waals surface area contributed by atoms with Gasteiger partial charge in [0.15, 0.2) is 5.78 Å². The third-order valence-corrected chi connectivity index (χ3v) is 4.07. The number of benzene rings is 1. The number of fused-ring (bicyclic) bond motifs is 2. The van der Waals surface area contributed by atoms with E-state index in [1.807, 2.05) is 0 Å². The molecule has 5 nitrogen and oxygen atoms in total. The predicted octanol–water partition coefficient (Wildman–Crippen LogP) is 2.35. The molecular weight excluding hydrogens is 264 g/mol. The summed E-state index contributed by atoms with van der Waals surface area (Å²) in [4.78, 5) is 21.0. The van der Waals surface area contributed by atoms with Crippen LogP contribution in [0.3, 0.4) is 0 Å². The van der Waals surface area contributed by atoms with Gasteiger partial charge in [-0.15, -0.1) is 0 Å². The molecule has 1 aromatic carbocycles. The van der Waals surface area contributed by atoms with Crippen LogP contribution in [0.4, 0.5) is 0 Å². The van der Waals surface area contributed by atoms with Crippen molar-refractivity contribution in [1.82, 2.24) is 19.6 Å². The minimum Gasteiger partial charge on any atom is -0.294 e. The van der Waals surface area contributed by atoms with Crippen LogP contribution in [-0.4, -0.2) is 25.4 Å². The zero-order chi connectivity index (χ0) is 14.4. The van der Waals surface area contributed by atoms with Gasteiger partial charge < -0.3 is 0 Å². The highest BCUT2D eigenvalue weighted by atomic mass is 16.1. The van der Waals surface area contributed by atoms with Gasteiger partial charge in [0, 0.05) is 12.6 Å². The van der Waals surface area contributed by atoms with Gasteiger partial charge in [0.25, 0.3) is 5.78 Å². The van der Waals surface area contributed by atoms with E-state index < -0.39 is 0 Å². The first-order valence-corrected chi connectivity index (χ1v) is 7.00. The molecule has 0 bridgehead atoms. The Hall–Kier alpha value is -2.56. The Morgan fingerprint density at radius 3 is 2.81 bits per heavy atom. The molecule has 1 atom stereocenters. The van der Waals surface area contributed by atoms with Crippen molar-refractivity contribution in [3.05, 3.63) is 59.2 Å². The van der Waals surface area contributed by atoms with E-state index in [-0.39, 0.29) is 11.7 Å². The zero-order valence-electron chi connectivity index (χ0n) is 11.7. The SMILES string of the molecule is Cc1ccc(C2CC(=O)c3cn4ncnc4nc3C2)cc1. The maximum Gasteiger partial charge on any atom is 0.252 e. The quantitative estimate of drug-likeness (QED) is 0.685. The Morgan fingerprint density at radius 2 is 2.00 bits per heavy atom. The van der Waals surface area contributed by atoms with Crippen molar-refractivity contribution >= 4 is 11.6 Å². The molecule has 3 aromatic rings. The van der Waals surface area contributed by atoms with Crippen LogP contribution in [0, 0.1) is 6.92 Å². The molecule has 5 heteroatoms. The Morgan fingerprint density at radius 1 is 1.19 bits per heavy atom. The van der Waals surface area contributed by atoms with Gasteiger partial charge in [-0.1, -0.05) is 29.8 Å². The van der Waals surface area contributed by atoms with Gasteiger partial charge in [-0.3, -0.25) is 4.79 Å². The number of hydrogen-bond acceptors (Lipinski definition) is 4. The molecule has 2 heterocycles. The van der Waals surface area contributed by atoms with Crippen molar-refractivity contribution in [2.24, 2.45) is 0 Å². The van der Waals surface area contributed by atoms with Gasteiger partial charge in [-0.2, -0.15) is 10.1 Å². The largest absolute Gasteiger partial charge is 0.294 e. The summed E-state index contributed by atoms with van der Waals surface area (Å²) in [6.45, 7) is 2.06. The number of rotatable bonds is 1. The molecule has 4 rings (SSSR count). The van der Waals surface area contributed by atoms with Crippen molar-refractivity contribution in [1.29, 1.82) is 0 Å². The fourth-order valence-corrected chi connectivity index (χ4v) is 2.89. The Bertz CT molecular complexity index is 835. The van der Waals surface area contributed by atoms with E-state index >= 15 is 0 Å². The van der Waals surface area contributed by atoms with Crippen LogP contribution in [0.15, 0.2) is 36.8 Å². The van der Waals surface area contributed by atoms with Crippen LogP contribution in [0.1, 0.15) is 39.5 Å². The van der Waals surface area contributed by atoms with E-state index in [4.69, 9.17) is 0 Å². The highest BCUT2D eigenvalue weighted by Crippen LogP contribution is 2.31. The second-order valence-corrected chi connectivity index (χ2v) is 5.54. The van der Waals surface area contributed by atoms with Crippen LogP contribution in [-0.2, 0) is 6.42 Å². The van der Waals surface area contributed by atoms with Gasteiger partial charge in [0.05, 0.1) is 11.3 Å². The fraction of sp³-hybridized carbons (Fsp3) is 0.250. The predicted molar refractivity (Wildman–Crippen MR) is 77.4 cm³/mol. The van der Waals surface area contributed by atoms with Gasteiger partial charge >= 0.3 is 0 Å². The van der Waals surface area contributed by atoms with E-state index in [9.17, 15) is 4.79 Å². The second kappa shape index (κ2) is 4.48. The number of carbonyl (C=O) groups excluding carboxylic acids is 1. The van der Waals surface area contributed by atoms with E-state index in [0.717, 1.165) is 12.1 Å². The van der Waals surface area contributed by atoms with E-state index in [1.54, 1.807) is 10.7 Å². The molecule has 0 fully saturated rings. The van der Waals surface area contributed by atoms with Crippen molar-refractivity contribution < 1.29 is 4.79 Å². The number of Topliss-reactive ketones (excluding diaryl/α,β-unsaturated/α-hetero) is 1. The monoisotopic (exact) mass is 278 g/mol. The summed E-state index contributed by atoms with van der Waals surface area (Å²) in [5.41, 5.74) is 3.93. The molecule has 0 saturated heterocycles. The van der Waals surface area contributed by atoms with Gasteiger partial charge in [-0.25, -0.2) is 9.50 Å². The zero-order valence-corrected chi connectivity index (χ0v) is 11.7. The number of ketones is 1. The minimum atomic E-state index is 0.131. The normalized spacial score (nSPS) is 18.0. The van der Waals surface area contributed by atoms with Crippen molar-refractivity contribution in [2.45, 2.75) is 25.7 Å². The molecule has 21 heavy (non-hydrogen) atoms. The smallest absolute Gasteiger partial charge is 0.252 e. The van der Waals surface area contributed by atoms with Crippen molar-refractivity contribution in [2.75, 3.05) is 0 Å². The topological polar surface area (TPSA) is 60.2 Å². The summed E-state index contributed by atoms with van der Waals surface area (Å²) in [6, 6.07) is 8.39. The number of aryl methyl sites for hydroxylation is 1. The Balaban J connectivity index is 1.76. The highest BCUT2D eigenvalue weighted by Gasteiger charge is 2.28. The maximum absolute atomic E-state index is 12.4. The summed E-state index contributed by atoms with van der Waals surface area (Å²) in [7, 11) is 0.